The fourth-order valence-corrected chi connectivity index (χ4v) is 4.09. The molecule has 1 saturated carbocycles. The van der Waals surface area contributed by atoms with Crippen LogP contribution in [-0.2, 0) is 5.41 Å². The third kappa shape index (κ3) is 6.29. The molecule has 2 aromatic rings. The molecule has 4 rings (SSSR count). The maximum Gasteiger partial charge on any atom is 0.316 e. The summed E-state index contributed by atoms with van der Waals surface area (Å²) in [6.45, 7) is 14.6. The molecular formula is C24H37ClN6O. The Labute approximate surface area is 198 Å². The largest absolute Gasteiger partial charge is 0.463 e. The van der Waals surface area contributed by atoms with Crippen LogP contribution in [0.2, 0.25) is 0 Å². The van der Waals surface area contributed by atoms with Crippen LogP contribution in [-0.4, -0.2) is 64.2 Å². The van der Waals surface area contributed by atoms with E-state index in [4.69, 9.17) is 14.7 Å². The Kier molecular flexibility index (Phi) is 8.28. The van der Waals surface area contributed by atoms with Gasteiger partial charge in [0.2, 0.25) is 0 Å². The highest BCUT2D eigenvalue weighted by molar-refractivity contribution is 5.85. The average Bonchev–Trinajstić information content (AvgIpc) is 2.71. The van der Waals surface area contributed by atoms with Gasteiger partial charge in [0.25, 0.3) is 0 Å². The predicted molar refractivity (Wildman–Crippen MR) is 130 cm³/mol. The standard InChI is InChI=1S/C24H36N6O.ClH/c1-18(17-31-23-25-9-6-10-26-23)16-29-11-13-30(14-12-29)21-15-20(19-7-5-8-19)27-22(28-21)24(2,3)4;/h6,9-10,15,18-19H,5,7-8,11-14,16-17H2,1-4H3;1H. The van der Waals surface area contributed by atoms with Crippen LogP contribution >= 0.6 is 12.4 Å². The minimum absolute atomic E-state index is 0. The van der Waals surface area contributed by atoms with E-state index in [0.717, 1.165) is 44.4 Å². The highest BCUT2D eigenvalue weighted by atomic mass is 35.5. The van der Waals surface area contributed by atoms with Crippen molar-refractivity contribution in [3.05, 3.63) is 36.0 Å². The molecule has 1 unspecified atom stereocenters. The van der Waals surface area contributed by atoms with E-state index in [1.807, 2.05) is 0 Å². The molecule has 32 heavy (non-hydrogen) atoms. The molecule has 1 saturated heterocycles. The number of aromatic nitrogens is 4. The number of hydrogen-bond donors (Lipinski definition) is 0. The Hall–Kier alpha value is -1.99. The summed E-state index contributed by atoms with van der Waals surface area (Å²) in [5.74, 6) is 3.13. The molecular weight excluding hydrogens is 424 g/mol. The molecule has 2 aromatic heterocycles. The molecule has 2 fully saturated rings. The van der Waals surface area contributed by atoms with Crippen LogP contribution in [0.4, 0.5) is 5.82 Å². The number of nitrogens with zero attached hydrogens (tertiary/aromatic N) is 6. The molecule has 1 aliphatic carbocycles. The second-order valence-corrected chi connectivity index (χ2v) is 10.1. The molecule has 0 radical (unpaired) electrons. The number of anilines is 1. The number of hydrogen-bond acceptors (Lipinski definition) is 7. The van der Waals surface area contributed by atoms with Crippen LogP contribution in [0.25, 0.3) is 0 Å². The molecule has 7 nitrogen and oxygen atoms in total. The van der Waals surface area contributed by atoms with Gasteiger partial charge in [-0.2, -0.15) is 0 Å². The third-order valence-electron chi connectivity index (χ3n) is 6.23. The summed E-state index contributed by atoms with van der Waals surface area (Å²) in [7, 11) is 0. The summed E-state index contributed by atoms with van der Waals surface area (Å²) in [6.07, 6.45) is 7.27. The van der Waals surface area contributed by atoms with Crippen molar-refractivity contribution >= 4 is 18.2 Å². The van der Waals surface area contributed by atoms with E-state index < -0.39 is 0 Å². The molecule has 0 bridgehead atoms. The van der Waals surface area contributed by atoms with Gasteiger partial charge in [0, 0.05) is 74.1 Å². The second kappa shape index (κ2) is 10.8. The van der Waals surface area contributed by atoms with E-state index in [1.54, 1.807) is 18.5 Å². The van der Waals surface area contributed by atoms with Crippen molar-refractivity contribution in [2.45, 2.75) is 58.3 Å². The summed E-state index contributed by atoms with van der Waals surface area (Å²) in [5.41, 5.74) is 1.21. The minimum Gasteiger partial charge on any atom is -0.463 e. The first kappa shape index (κ1) is 24.6. The van der Waals surface area contributed by atoms with Crippen LogP contribution in [0, 0.1) is 5.92 Å². The molecule has 176 valence electrons. The van der Waals surface area contributed by atoms with Gasteiger partial charge in [0.1, 0.15) is 11.6 Å². The lowest BCUT2D eigenvalue weighted by molar-refractivity contribution is 0.172. The van der Waals surface area contributed by atoms with E-state index in [0.29, 0.717) is 24.5 Å². The quantitative estimate of drug-likeness (QED) is 0.616. The summed E-state index contributed by atoms with van der Waals surface area (Å²) in [6, 6.07) is 4.51. The first-order valence-electron chi connectivity index (χ1n) is 11.6. The molecule has 1 aliphatic heterocycles. The molecule has 2 aliphatic rings. The molecule has 3 heterocycles. The Morgan fingerprint density at radius 1 is 1.06 bits per heavy atom. The monoisotopic (exact) mass is 460 g/mol. The Morgan fingerprint density at radius 3 is 2.34 bits per heavy atom. The fourth-order valence-electron chi connectivity index (χ4n) is 4.09. The lowest BCUT2D eigenvalue weighted by Gasteiger charge is -2.37. The van der Waals surface area contributed by atoms with E-state index in [1.165, 1.54) is 25.0 Å². The smallest absolute Gasteiger partial charge is 0.316 e. The minimum atomic E-state index is -0.0335. The summed E-state index contributed by atoms with van der Waals surface area (Å²) < 4.78 is 5.72. The molecule has 8 heteroatoms. The zero-order valence-corrected chi connectivity index (χ0v) is 20.6. The van der Waals surface area contributed by atoms with Gasteiger partial charge < -0.3 is 9.64 Å². The van der Waals surface area contributed by atoms with Gasteiger partial charge in [-0.15, -0.1) is 12.4 Å². The average molecular weight is 461 g/mol. The summed E-state index contributed by atoms with van der Waals surface area (Å²) >= 11 is 0. The van der Waals surface area contributed by atoms with Crippen molar-refractivity contribution in [3.8, 4) is 6.01 Å². The van der Waals surface area contributed by atoms with E-state index in [9.17, 15) is 0 Å². The number of rotatable bonds is 7. The van der Waals surface area contributed by atoms with Gasteiger partial charge in [-0.25, -0.2) is 19.9 Å². The first-order valence-corrected chi connectivity index (χ1v) is 11.6. The van der Waals surface area contributed by atoms with Crippen molar-refractivity contribution in [2.24, 2.45) is 5.92 Å². The number of halogens is 1. The molecule has 0 spiro atoms. The maximum atomic E-state index is 5.72. The Balaban J connectivity index is 0.00000289. The Bertz CT molecular complexity index is 847. The fraction of sp³-hybridized carbons (Fsp3) is 0.667. The van der Waals surface area contributed by atoms with Gasteiger partial charge in [-0.05, 0) is 18.9 Å². The number of ether oxygens (including phenoxy) is 1. The molecule has 0 N–H and O–H groups in total. The van der Waals surface area contributed by atoms with E-state index in [-0.39, 0.29) is 17.8 Å². The van der Waals surface area contributed by atoms with Crippen molar-refractivity contribution in [1.82, 2.24) is 24.8 Å². The van der Waals surface area contributed by atoms with Crippen molar-refractivity contribution < 1.29 is 4.74 Å². The van der Waals surface area contributed by atoms with E-state index >= 15 is 0 Å². The van der Waals surface area contributed by atoms with Gasteiger partial charge in [0.15, 0.2) is 0 Å². The van der Waals surface area contributed by atoms with Gasteiger partial charge in [0.05, 0.1) is 6.61 Å². The van der Waals surface area contributed by atoms with E-state index in [2.05, 4.69) is 53.5 Å². The molecule has 1 atom stereocenters. The molecule has 0 amide bonds. The van der Waals surface area contributed by atoms with Gasteiger partial charge in [-0.3, -0.25) is 4.90 Å². The second-order valence-electron chi connectivity index (χ2n) is 10.1. The highest BCUT2D eigenvalue weighted by Crippen LogP contribution is 2.37. The highest BCUT2D eigenvalue weighted by Gasteiger charge is 2.28. The molecule has 0 aromatic carbocycles. The third-order valence-corrected chi connectivity index (χ3v) is 6.23. The topological polar surface area (TPSA) is 67.3 Å². The first-order chi connectivity index (χ1) is 14.9. The predicted octanol–water partition coefficient (Wildman–Crippen LogP) is 4.09. The van der Waals surface area contributed by atoms with Crippen LogP contribution in [0.15, 0.2) is 24.5 Å². The van der Waals surface area contributed by atoms with Crippen LogP contribution < -0.4 is 9.64 Å². The van der Waals surface area contributed by atoms with Gasteiger partial charge in [-0.1, -0.05) is 34.1 Å². The van der Waals surface area contributed by atoms with Crippen LogP contribution in [0.5, 0.6) is 6.01 Å². The zero-order valence-electron chi connectivity index (χ0n) is 19.8. The maximum absolute atomic E-state index is 5.72. The summed E-state index contributed by atoms with van der Waals surface area (Å²) in [4.78, 5) is 23.1. The number of piperazine rings is 1. The Morgan fingerprint density at radius 2 is 1.75 bits per heavy atom. The normalized spacial score (nSPS) is 18.6. The van der Waals surface area contributed by atoms with Crippen molar-refractivity contribution in [3.63, 3.8) is 0 Å². The van der Waals surface area contributed by atoms with Crippen LogP contribution in [0.3, 0.4) is 0 Å². The van der Waals surface area contributed by atoms with Crippen LogP contribution in [0.1, 0.15) is 64.4 Å². The lowest BCUT2D eigenvalue weighted by atomic mass is 9.82. The summed E-state index contributed by atoms with van der Waals surface area (Å²) in [5, 5.41) is 0. The lowest BCUT2D eigenvalue weighted by Crippen LogP contribution is -2.48. The van der Waals surface area contributed by atoms with Crippen molar-refractivity contribution in [1.29, 1.82) is 0 Å². The van der Waals surface area contributed by atoms with Gasteiger partial charge >= 0.3 is 6.01 Å². The van der Waals surface area contributed by atoms with Crippen molar-refractivity contribution in [2.75, 3.05) is 44.2 Å². The SMILES string of the molecule is CC(COc1ncccn1)CN1CCN(c2cc(C3CCC3)nc(C(C)(C)C)n2)CC1.Cl. The zero-order chi connectivity index (χ0) is 21.8.